The van der Waals surface area contributed by atoms with Crippen molar-refractivity contribution in [2.24, 2.45) is 16.6 Å². The summed E-state index contributed by atoms with van der Waals surface area (Å²) in [5.41, 5.74) is 8.41. The second kappa shape index (κ2) is 9.50. The number of nitrogens with two attached hydrogens (primary N) is 1. The van der Waals surface area contributed by atoms with Gasteiger partial charge in [-0.15, -0.1) is 0 Å². The summed E-state index contributed by atoms with van der Waals surface area (Å²) in [6.45, 7) is 5.09. The van der Waals surface area contributed by atoms with Gasteiger partial charge in [0.1, 0.15) is 11.4 Å². The van der Waals surface area contributed by atoms with Gasteiger partial charge in [-0.2, -0.15) is 0 Å². The molecule has 1 spiro atoms. The van der Waals surface area contributed by atoms with Crippen molar-refractivity contribution in [2.75, 3.05) is 11.9 Å². The van der Waals surface area contributed by atoms with Gasteiger partial charge in [-0.3, -0.25) is 0 Å². The first-order chi connectivity index (χ1) is 15.4. The summed E-state index contributed by atoms with van der Waals surface area (Å²) in [5, 5.41) is 9.72. The van der Waals surface area contributed by atoms with E-state index in [1.165, 1.54) is 0 Å². The number of hydrogen-bond acceptors (Lipinski definition) is 5. The Hall–Kier alpha value is -2.58. The summed E-state index contributed by atoms with van der Waals surface area (Å²) in [6, 6.07) is 1.53. The number of nitrogens with one attached hydrogen (secondary N) is 3. The van der Waals surface area contributed by atoms with Gasteiger partial charge in [0.25, 0.3) is 0 Å². The third kappa shape index (κ3) is 4.61. The fourth-order valence-electron chi connectivity index (χ4n) is 4.45. The molecule has 4 rings (SSSR count). The van der Waals surface area contributed by atoms with Gasteiger partial charge in [-0.05, 0) is 24.8 Å². The molecule has 1 unspecified atom stereocenters. The first kappa shape index (κ1) is 22.6. The van der Waals surface area contributed by atoms with Crippen LogP contribution in [0.2, 0.25) is 5.02 Å². The van der Waals surface area contributed by atoms with Gasteiger partial charge in [-0.25, -0.2) is 14.8 Å². The summed E-state index contributed by atoms with van der Waals surface area (Å²) in [6.07, 6.45) is 9.81. The van der Waals surface area contributed by atoms with Gasteiger partial charge >= 0.3 is 6.03 Å². The molecule has 0 saturated heterocycles. The number of oxazole rings is 1. The van der Waals surface area contributed by atoms with Gasteiger partial charge in [0.05, 0.1) is 29.3 Å². The molecule has 0 radical (unpaired) electrons. The van der Waals surface area contributed by atoms with E-state index in [0.717, 1.165) is 44.1 Å². The molecule has 2 aliphatic rings. The number of halogens is 1. The van der Waals surface area contributed by atoms with Crippen molar-refractivity contribution in [1.82, 2.24) is 15.6 Å². The highest BCUT2D eigenvalue weighted by atomic mass is 35.5. The average molecular weight is 459 g/mol. The quantitative estimate of drug-likeness (QED) is 0.351. The minimum absolute atomic E-state index is 0.223. The van der Waals surface area contributed by atoms with Crippen LogP contribution in [0, 0.1) is 5.92 Å². The van der Waals surface area contributed by atoms with Crippen molar-refractivity contribution in [1.29, 1.82) is 0 Å². The lowest BCUT2D eigenvalue weighted by Crippen LogP contribution is -2.52. The molecule has 1 saturated carbocycles. The zero-order valence-corrected chi connectivity index (χ0v) is 19.4. The highest BCUT2D eigenvalue weighted by Gasteiger charge is 2.44. The van der Waals surface area contributed by atoms with Crippen LogP contribution in [-0.2, 0) is 12.1 Å². The van der Waals surface area contributed by atoms with Gasteiger partial charge < -0.3 is 26.1 Å². The number of aliphatic imine (C=N–C) groups is 1. The van der Waals surface area contributed by atoms with Crippen LogP contribution in [0.1, 0.15) is 63.8 Å². The Bertz CT molecular complexity index is 1050. The molecular formula is C23H31ClN6O2. The van der Waals surface area contributed by atoms with Crippen LogP contribution in [0.3, 0.4) is 0 Å². The molecule has 0 bridgehead atoms. The number of aromatic nitrogens is 1. The molecule has 5 N–H and O–H groups in total. The smallest absolute Gasteiger partial charge is 0.319 e. The third-order valence-electron chi connectivity index (χ3n) is 6.34. The molecule has 172 valence electrons. The fraction of sp³-hybridized carbons (Fsp3) is 0.522. The Labute approximate surface area is 193 Å². The van der Waals surface area contributed by atoms with Crippen LogP contribution in [0.15, 0.2) is 27.8 Å². The fourth-order valence-corrected chi connectivity index (χ4v) is 4.70. The van der Waals surface area contributed by atoms with Gasteiger partial charge in [0.2, 0.25) is 5.89 Å². The van der Waals surface area contributed by atoms with E-state index in [0.29, 0.717) is 52.5 Å². The van der Waals surface area contributed by atoms with Gasteiger partial charge in [0, 0.05) is 11.8 Å². The van der Waals surface area contributed by atoms with Gasteiger partial charge in [-0.1, -0.05) is 57.2 Å². The number of benzene rings is 1. The van der Waals surface area contributed by atoms with Crippen molar-refractivity contribution < 1.29 is 9.21 Å². The van der Waals surface area contributed by atoms with Crippen molar-refractivity contribution in [3.05, 3.63) is 34.8 Å². The van der Waals surface area contributed by atoms with Crippen LogP contribution in [-0.4, -0.2) is 23.4 Å². The van der Waals surface area contributed by atoms with Crippen molar-refractivity contribution in [2.45, 2.75) is 64.5 Å². The number of amidine groups is 1. The highest BCUT2D eigenvalue weighted by molar-refractivity contribution is 6.35. The topological polar surface area (TPSA) is 118 Å². The number of anilines is 1. The standard InChI is InChI=1S/C23H31ClN6O2/c1-3-14(2)7-10-27-17(25)12-26-13-18-28-16-11-15(24)20-19(21(16)32-18)23(30-22(31)29-20)8-5-4-6-9-23/h7,10-11,14,26H,3-6,8-9,12-13H2,1-2H3,(H2,25,27)(H2,29,30,31)/b10-7-. The molecule has 32 heavy (non-hydrogen) atoms. The number of amides is 2. The van der Waals surface area contributed by atoms with E-state index < -0.39 is 5.54 Å². The van der Waals surface area contributed by atoms with Gasteiger partial charge in [0.15, 0.2) is 5.58 Å². The summed E-state index contributed by atoms with van der Waals surface area (Å²) >= 11 is 6.55. The maximum absolute atomic E-state index is 12.4. The van der Waals surface area contributed by atoms with Crippen LogP contribution < -0.4 is 21.7 Å². The molecule has 1 aromatic carbocycles. The molecule has 1 aromatic heterocycles. The number of urea groups is 1. The van der Waals surface area contributed by atoms with Crippen molar-refractivity contribution in [3.63, 3.8) is 0 Å². The summed E-state index contributed by atoms with van der Waals surface area (Å²) in [4.78, 5) is 21.2. The second-order valence-corrected chi connectivity index (χ2v) is 9.14. The molecule has 1 fully saturated rings. The number of rotatable bonds is 7. The Morgan fingerprint density at radius 3 is 2.97 bits per heavy atom. The SMILES string of the molecule is CCC(C)/C=C\N=C(N)CNCc1nc2cc(Cl)c3c(c2o1)C1(CCCCC1)NC(=O)N3. The molecule has 1 aliphatic carbocycles. The Morgan fingerprint density at radius 2 is 2.22 bits per heavy atom. The Morgan fingerprint density at radius 1 is 1.44 bits per heavy atom. The summed E-state index contributed by atoms with van der Waals surface area (Å²) in [7, 11) is 0. The molecular weight excluding hydrogens is 428 g/mol. The summed E-state index contributed by atoms with van der Waals surface area (Å²) < 4.78 is 6.17. The molecule has 8 nitrogen and oxygen atoms in total. The Kier molecular flexibility index (Phi) is 6.71. The third-order valence-corrected chi connectivity index (χ3v) is 6.63. The number of nitrogens with zero attached hydrogens (tertiary/aromatic N) is 2. The van der Waals surface area contributed by atoms with E-state index in [1.807, 2.05) is 6.08 Å². The van der Waals surface area contributed by atoms with Crippen LogP contribution in [0.4, 0.5) is 10.5 Å². The van der Waals surface area contributed by atoms with E-state index >= 15 is 0 Å². The average Bonchev–Trinajstić information content (AvgIpc) is 3.16. The Balaban J connectivity index is 1.55. The maximum atomic E-state index is 12.4. The lowest BCUT2D eigenvalue weighted by Gasteiger charge is -2.42. The van der Waals surface area contributed by atoms with E-state index in [9.17, 15) is 4.79 Å². The van der Waals surface area contributed by atoms with E-state index in [1.54, 1.807) is 12.3 Å². The highest BCUT2D eigenvalue weighted by Crippen LogP contribution is 2.48. The molecule has 1 atom stereocenters. The predicted octanol–water partition coefficient (Wildman–Crippen LogP) is 4.78. The van der Waals surface area contributed by atoms with Crippen LogP contribution in [0.25, 0.3) is 11.1 Å². The minimum atomic E-state index is -0.470. The molecule has 9 heteroatoms. The van der Waals surface area contributed by atoms with Crippen molar-refractivity contribution in [3.8, 4) is 0 Å². The summed E-state index contributed by atoms with van der Waals surface area (Å²) in [5.74, 6) is 1.51. The van der Waals surface area contributed by atoms with Crippen LogP contribution in [0.5, 0.6) is 0 Å². The molecule has 2 aromatic rings. The van der Waals surface area contributed by atoms with E-state index in [-0.39, 0.29) is 6.03 Å². The minimum Gasteiger partial charge on any atom is -0.439 e. The van der Waals surface area contributed by atoms with E-state index in [2.05, 4.69) is 39.8 Å². The van der Waals surface area contributed by atoms with Crippen LogP contribution >= 0.6 is 11.6 Å². The number of carbonyl (C=O) groups excluding carboxylic acids is 1. The van der Waals surface area contributed by atoms with E-state index in [4.69, 9.17) is 21.8 Å². The largest absolute Gasteiger partial charge is 0.439 e. The normalized spacial score (nSPS) is 19.2. The lowest BCUT2D eigenvalue weighted by molar-refractivity contribution is 0.209. The zero-order chi connectivity index (χ0) is 22.7. The first-order valence-electron chi connectivity index (χ1n) is 11.3. The number of fused-ring (bicyclic) bond motifs is 4. The molecule has 2 heterocycles. The number of carbonyl (C=O) groups is 1. The first-order valence-corrected chi connectivity index (χ1v) is 11.7. The number of hydrogen-bond donors (Lipinski definition) is 4. The van der Waals surface area contributed by atoms with Crippen molar-refractivity contribution >= 4 is 40.3 Å². The monoisotopic (exact) mass is 458 g/mol. The predicted molar refractivity (Wildman–Crippen MR) is 128 cm³/mol. The maximum Gasteiger partial charge on any atom is 0.319 e. The zero-order valence-electron chi connectivity index (χ0n) is 18.6. The lowest BCUT2D eigenvalue weighted by atomic mass is 9.74. The number of allylic oxidation sites excluding steroid dienone is 1. The second-order valence-electron chi connectivity index (χ2n) is 8.74. The molecule has 2 amide bonds. The molecule has 1 aliphatic heterocycles.